The third-order valence-corrected chi connectivity index (χ3v) is 5.85. The summed E-state index contributed by atoms with van der Waals surface area (Å²) in [6.45, 7) is 6.13. The number of anilines is 1. The molecule has 0 radical (unpaired) electrons. The zero-order valence-electron chi connectivity index (χ0n) is 16.1. The monoisotopic (exact) mass is 376 g/mol. The third kappa shape index (κ3) is 3.00. The second-order valence-corrected chi connectivity index (χ2v) is 7.81. The van der Waals surface area contributed by atoms with Gasteiger partial charge < -0.3 is 14.4 Å². The van der Waals surface area contributed by atoms with Crippen molar-refractivity contribution in [2.24, 2.45) is 5.92 Å². The van der Waals surface area contributed by atoms with E-state index in [0.29, 0.717) is 19.0 Å². The molecule has 2 aliphatic heterocycles. The van der Waals surface area contributed by atoms with Crippen LogP contribution in [0.2, 0.25) is 0 Å². The van der Waals surface area contributed by atoms with Gasteiger partial charge in [0.25, 0.3) is 5.91 Å². The molecule has 7 heteroatoms. The van der Waals surface area contributed by atoms with Crippen molar-refractivity contribution >= 4 is 22.9 Å². The second-order valence-electron chi connectivity index (χ2n) is 7.81. The van der Waals surface area contributed by atoms with Gasteiger partial charge in [-0.25, -0.2) is 15.0 Å². The number of piperazine rings is 1. The Morgan fingerprint density at radius 2 is 1.86 bits per heavy atom. The highest BCUT2D eigenvalue weighted by Gasteiger charge is 2.25. The summed E-state index contributed by atoms with van der Waals surface area (Å²) in [7, 11) is 0. The molecule has 0 bridgehead atoms. The lowest BCUT2D eigenvalue weighted by Crippen LogP contribution is -2.49. The van der Waals surface area contributed by atoms with Crippen LogP contribution in [-0.4, -0.2) is 56.5 Å². The molecule has 0 saturated carbocycles. The van der Waals surface area contributed by atoms with Crippen LogP contribution in [0.4, 0.5) is 5.95 Å². The first-order chi connectivity index (χ1) is 13.7. The highest BCUT2D eigenvalue weighted by molar-refractivity contribution is 5.97. The van der Waals surface area contributed by atoms with Crippen molar-refractivity contribution in [3.63, 3.8) is 0 Å². The van der Waals surface area contributed by atoms with E-state index in [-0.39, 0.29) is 5.91 Å². The van der Waals surface area contributed by atoms with E-state index in [1.54, 1.807) is 12.4 Å². The number of hydrogen-bond acceptors (Lipinski definition) is 5. The molecule has 0 unspecified atom stereocenters. The molecule has 7 nitrogen and oxygen atoms in total. The highest BCUT2D eigenvalue weighted by atomic mass is 16.2. The van der Waals surface area contributed by atoms with Gasteiger partial charge in [0.15, 0.2) is 0 Å². The van der Waals surface area contributed by atoms with E-state index >= 15 is 0 Å². The van der Waals surface area contributed by atoms with Crippen LogP contribution in [0.5, 0.6) is 0 Å². The third-order valence-electron chi connectivity index (χ3n) is 5.85. The van der Waals surface area contributed by atoms with Crippen LogP contribution < -0.4 is 4.90 Å². The summed E-state index contributed by atoms with van der Waals surface area (Å²) in [6.07, 6.45) is 5.70. The van der Waals surface area contributed by atoms with E-state index in [2.05, 4.69) is 32.4 Å². The van der Waals surface area contributed by atoms with Gasteiger partial charge in [0.05, 0.1) is 11.0 Å². The SMILES string of the molecule is C[C@H]1CCn2c(nc3cc(C(=O)N4CCN(c5ncccn5)CC4)ccc32)C1. The number of hydrogen-bond donors (Lipinski definition) is 0. The summed E-state index contributed by atoms with van der Waals surface area (Å²) in [4.78, 5) is 30.5. The van der Waals surface area contributed by atoms with E-state index in [0.717, 1.165) is 54.4 Å². The van der Waals surface area contributed by atoms with Crippen LogP contribution in [-0.2, 0) is 13.0 Å². The Kier molecular flexibility index (Phi) is 4.22. The molecule has 5 rings (SSSR count). The first-order valence-corrected chi connectivity index (χ1v) is 9.99. The second kappa shape index (κ2) is 6.89. The van der Waals surface area contributed by atoms with Crippen molar-refractivity contribution < 1.29 is 4.79 Å². The molecule has 144 valence electrons. The first-order valence-electron chi connectivity index (χ1n) is 9.99. The zero-order valence-corrected chi connectivity index (χ0v) is 16.1. The van der Waals surface area contributed by atoms with Crippen LogP contribution in [0.25, 0.3) is 11.0 Å². The lowest BCUT2D eigenvalue weighted by atomic mass is 10.0. The lowest BCUT2D eigenvalue weighted by Gasteiger charge is -2.34. The number of amides is 1. The highest BCUT2D eigenvalue weighted by Crippen LogP contribution is 2.26. The predicted molar refractivity (Wildman–Crippen MR) is 107 cm³/mol. The summed E-state index contributed by atoms with van der Waals surface area (Å²) < 4.78 is 2.31. The topological polar surface area (TPSA) is 67.2 Å². The van der Waals surface area contributed by atoms with E-state index < -0.39 is 0 Å². The van der Waals surface area contributed by atoms with Gasteiger partial charge in [0.1, 0.15) is 5.82 Å². The van der Waals surface area contributed by atoms with Crippen LogP contribution in [0.15, 0.2) is 36.7 Å². The minimum absolute atomic E-state index is 0.0786. The van der Waals surface area contributed by atoms with Crippen molar-refractivity contribution in [2.45, 2.75) is 26.3 Å². The Morgan fingerprint density at radius 1 is 1.07 bits per heavy atom. The molecule has 2 aliphatic rings. The zero-order chi connectivity index (χ0) is 19.1. The standard InChI is InChI=1S/C21H24N6O/c1-15-5-8-27-18-4-3-16(14-17(18)24-19(27)13-15)20(28)25-9-11-26(12-10-25)21-22-6-2-7-23-21/h2-4,6-7,14-15H,5,8-13H2,1H3/t15-/m0/s1. The molecule has 2 aromatic heterocycles. The average molecular weight is 376 g/mol. The molecule has 1 atom stereocenters. The van der Waals surface area contributed by atoms with Gasteiger partial charge in [-0.05, 0) is 36.6 Å². The van der Waals surface area contributed by atoms with Gasteiger partial charge in [-0.1, -0.05) is 6.92 Å². The van der Waals surface area contributed by atoms with Crippen LogP contribution in [0.1, 0.15) is 29.5 Å². The van der Waals surface area contributed by atoms with Gasteiger partial charge in [0.2, 0.25) is 5.95 Å². The summed E-state index contributed by atoms with van der Waals surface area (Å²) >= 11 is 0. The maximum atomic E-state index is 13.0. The van der Waals surface area contributed by atoms with Crippen LogP contribution >= 0.6 is 0 Å². The van der Waals surface area contributed by atoms with E-state index in [1.165, 1.54) is 6.42 Å². The molecule has 4 heterocycles. The van der Waals surface area contributed by atoms with Gasteiger partial charge in [-0.3, -0.25) is 4.79 Å². The molecule has 1 aromatic carbocycles. The van der Waals surface area contributed by atoms with Crippen molar-refractivity contribution in [3.8, 4) is 0 Å². The molecule has 0 aliphatic carbocycles. The number of fused-ring (bicyclic) bond motifs is 3. The fourth-order valence-corrected chi connectivity index (χ4v) is 4.23. The van der Waals surface area contributed by atoms with Crippen molar-refractivity contribution in [3.05, 3.63) is 48.0 Å². The maximum absolute atomic E-state index is 13.0. The van der Waals surface area contributed by atoms with E-state index in [4.69, 9.17) is 4.98 Å². The van der Waals surface area contributed by atoms with Gasteiger partial charge >= 0.3 is 0 Å². The lowest BCUT2D eigenvalue weighted by molar-refractivity contribution is 0.0746. The van der Waals surface area contributed by atoms with Gasteiger partial charge in [0, 0.05) is 57.1 Å². The van der Waals surface area contributed by atoms with E-state index in [1.807, 2.05) is 23.1 Å². The number of carbonyl (C=O) groups excluding carboxylic acids is 1. The summed E-state index contributed by atoms with van der Waals surface area (Å²) in [5.41, 5.74) is 2.80. The fourth-order valence-electron chi connectivity index (χ4n) is 4.23. The normalized spacial score (nSPS) is 19.7. The number of nitrogens with zero attached hydrogens (tertiary/aromatic N) is 6. The largest absolute Gasteiger partial charge is 0.337 e. The van der Waals surface area contributed by atoms with Crippen molar-refractivity contribution in [1.29, 1.82) is 0 Å². The fraction of sp³-hybridized carbons (Fsp3) is 0.429. The Hall–Kier alpha value is -2.96. The maximum Gasteiger partial charge on any atom is 0.254 e. The molecule has 1 fully saturated rings. The van der Waals surface area contributed by atoms with Gasteiger partial charge in [-0.15, -0.1) is 0 Å². The molecule has 1 amide bonds. The van der Waals surface area contributed by atoms with Crippen molar-refractivity contribution in [2.75, 3.05) is 31.1 Å². The number of aromatic nitrogens is 4. The van der Waals surface area contributed by atoms with Crippen molar-refractivity contribution in [1.82, 2.24) is 24.4 Å². The minimum atomic E-state index is 0.0786. The first kappa shape index (κ1) is 17.2. The smallest absolute Gasteiger partial charge is 0.254 e. The van der Waals surface area contributed by atoms with E-state index in [9.17, 15) is 4.79 Å². The molecule has 28 heavy (non-hydrogen) atoms. The molecular formula is C21H24N6O. The molecule has 1 saturated heterocycles. The Morgan fingerprint density at radius 3 is 2.64 bits per heavy atom. The van der Waals surface area contributed by atoms with Gasteiger partial charge in [-0.2, -0.15) is 0 Å². The number of benzene rings is 1. The molecule has 0 spiro atoms. The Labute approximate surface area is 164 Å². The summed E-state index contributed by atoms with van der Waals surface area (Å²) in [5.74, 6) is 2.63. The molecular weight excluding hydrogens is 352 g/mol. The van der Waals surface area contributed by atoms with Crippen LogP contribution in [0.3, 0.4) is 0 Å². The summed E-state index contributed by atoms with van der Waals surface area (Å²) in [5, 5.41) is 0. The minimum Gasteiger partial charge on any atom is -0.337 e. The Bertz CT molecular complexity index is 1010. The number of aryl methyl sites for hydroxylation is 1. The van der Waals surface area contributed by atoms with Crippen LogP contribution in [0, 0.1) is 5.92 Å². The quantitative estimate of drug-likeness (QED) is 0.687. The molecule has 0 N–H and O–H groups in total. The predicted octanol–water partition coefficient (Wildman–Crippen LogP) is 2.37. The number of carbonyl (C=O) groups is 1. The Balaban J connectivity index is 1.32. The average Bonchev–Trinajstić information content (AvgIpc) is 3.10. The molecule has 3 aromatic rings. The number of rotatable bonds is 2. The summed E-state index contributed by atoms with van der Waals surface area (Å²) in [6, 6.07) is 7.78. The number of imidazole rings is 1.